The number of alkyl halides is 3. The quantitative estimate of drug-likeness (QED) is 0.742. The number of rotatable bonds is 5. The smallest absolute Gasteiger partial charge is 0.330 e. The molecular weight excluding hydrogens is 191 g/mol. The Bertz CT molecular complexity index is 154. The molecule has 14 heavy (non-hydrogen) atoms. The second kappa shape index (κ2) is 5.59. The summed E-state index contributed by atoms with van der Waals surface area (Å²) < 4.78 is 36.1. The van der Waals surface area contributed by atoms with E-state index in [1.54, 1.807) is 6.92 Å². The molecule has 0 aromatic carbocycles. The van der Waals surface area contributed by atoms with Crippen molar-refractivity contribution in [2.45, 2.75) is 39.8 Å². The Balaban J connectivity index is 3.97. The fraction of sp³-hybridized carbons (Fsp3) is 1.00. The van der Waals surface area contributed by atoms with Crippen LogP contribution >= 0.6 is 0 Å². The highest BCUT2D eigenvalue weighted by Crippen LogP contribution is 2.29. The van der Waals surface area contributed by atoms with Crippen molar-refractivity contribution in [3.05, 3.63) is 0 Å². The molecule has 0 radical (unpaired) electrons. The lowest BCUT2D eigenvalue weighted by Crippen LogP contribution is -2.24. The molecule has 0 aliphatic heterocycles. The first-order valence-corrected chi connectivity index (χ1v) is 5.03. The van der Waals surface area contributed by atoms with Crippen LogP contribution in [0.15, 0.2) is 0 Å². The highest BCUT2D eigenvalue weighted by Gasteiger charge is 2.31. The van der Waals surface area contributed by atoms with Gasteiger partial charge in [0.25, 0.3) is 0 Å². The Labute approximate surface area is 83.9 Å². The van der Waals surface area contributed by atoms with E-state index in [1.807, 2.05) is 13.8 Å². The van der Waals surface area contributed by atoms with Crippen molar-refractivity contribution in [3.8, 4) is 0 Å². The van der Waals surface area contributed by atoms with Crippen molar-refractivity contribution in [2.75, 3.05) is 6.54 Å². The van der Waals surface area contributed by atoms with Crippen LogP contribution in [0.2, 0.25) is 0 Å². The molecule has 1 nitrogen and oxygen atoms in total. The van der Waals surface area contributed by atoms with Gasteiger partial charge < -0.3 is 5.73 Å². The van der Waals surface area contributed by atoms with Crippen molar-refractivity contribution >= 4 is 0 Å². The molecule has 2 unspecified atom stereocenters. The van der Waals surface area contributed by atoms with Crippen LogP contribution in [0.4, 0.5) is 13.2 Å². The maximum absolute atomic E-state index is 12.0. The average Bonchev–Trinajstić information content (AvgIpc) is 1.96. The predicted molar refractivity (Wildman–Crippen MR) is 51.8 cm³/mol. The minimum absolute atomic E-state index is 0.201. The molecule has 86 valence electrons. The Kier molecular flexibility index (Phi) is 5.49. The largest absolute Gasteiger partial charge is 0.389 e. The van der Waals surface area contributed by atoms with E-state index in [-0.39, 0.29) is 11.8 Å². The van der Waals surface area contributed by atoms with E-state index in [0.717, 1.165) is 0 Å². The maximum atomic E-state index is 12.0. The number of nitrogens with two attached hydrogens (primary N) is 1. The third kappa shape index (κ3) is 6.24. The average molecular weight is 211 g/mol. The van der Waals surface area contributed by atoms with Gasteiger partial charge in [0, 0.05) is 6.42 Å². The van der Waals surface area contributed by atoms with Crippen molar-refractivity contribution in [2.24, 2.45) is 23.5 Å². The molecule has 0 rings (SSSR count). The molecule has 0 fully saturated rings. The first kappa shape index (κ1) is 13.8. The van der Waals surface area contributed by atoms with E-state index in [2.05, 4.69) is 0 Å². The van der Waals surface area contributed by atoms with Crippen LogP contribution in [-0.2, 0) is 0 Å². The normalized spacial score (nSPS) is 17.1. The van der Waals surface area contributed by atoms with Gasteiger partial charge in [0.05, 0.1) is 0 Å². The number of halogens is 3. The van der Waals surface area contributed by atoms with Gasteiger partial charge in [-0.25, -0.2) is 0 Å². The molecule has 4 heteroatoms. The van der Waals surface area contributed by atoms with Gasteiger partial charge in [-0.1, -0.05) is 20.8 Å². The highest BCUT2D eigenvalue weighted by molar-refractivity contribution is 4.69. The zero-order chi connectivity index (χ0) is 11.4. The molecule has 2 N–H and O–H groups in total. The van der Waals surface area contributed by atoms with Gasteiger partial charge in [0.2, 0.25) is 0 Å². The van der Waals surface area contributed by atoms with Gasteiger partial charge in [-0.2, -0.15) is 13.2 Å². The molecule has 0 bridgehead atoms. The van der Waals surface area contributed by atoms with Gasteiger partial charge in [-0.3, -0.25) is 0 Å². The van der Waals surface area contributed by atoms with Gasteiger partial charge in [-0.05, 0) is 30.7 Å². The fourth-order valence-electron chi connectivity index (χ4n) is 1.64. The molecule has 0 aliphatic rings. The Morgan fingerprint density at radius 1 is 1.14 bits per heavy atom. The monoisotopic (exact) mass is 211 g/mol. The molecule has 2 atom stereocenters. The van der Waals surface area contributed by atoms with Crippen LogP contribution in [-0.4, -0.2) is 12.7 Å². The molecule has 0 saturated heterocycles. The molecule has 0 heterocycles. The van der Waals surface area contributed by atoms with Crippen LogP contribution in [0.3, 0.4) is 0 Å². The second-order valence-corrected chi connectivity index (χ2v) is 4.40. The van der Waals surface area contributed by atoms with E-state index in [9.17, 15) is 13.2 Å². The van der Waals surface area contributed by atoms with E-state index in [0.29, 0.717) is 18.9 Å². The number of hydrogen-bond donors (Lipinski definition) is 1. The summed E-state index contributed by atoms with van der Waals surface area (Å²) in [5.74, 6) is 0.231. The zero-order valence-corrected chi connectivity index (χ0v) is 9.06. The summed E-state index contributed by atoms with van der Waals surface area (Å²) in [5.41, 5.74) is 5.50. The topological polar surface area (TPSA) is 26.0 Å². The molecular formula is C10H20F3N. The summed E-state index contributed by atoms with van der Waals surface area (Å²) in [7, 11) is 0. The van der Waals surface area contributed by atoms with Crippen molar-refractivity contribution in [1.29, 1.82) is 0 Å². The summed E-state index contributed by atoms with van der Waals surface area (Å²) in [5, 5.41) is 0. The van der Waals surface area contributed by atoms with Crippen molar-refractivity contribution in [3.63, 3.8) is 0 Å². The van der Waals surface area contributed by atoms with Crippen LogP contribution in [0.1, 0.15) is 33.6 Å². The van der Waals surface area contributed by atoms with Gasteiger partial charge in [0.1, 0.15) is 0 Å². The van der Waals surface area contributed by atoms with Crippen molar-refractivity contribution < 1.29 is 13.2 Å². The molecule has 0 spiro atoms. The minimum atomic E-state index is -4.05. The lowest BCUT2D eigenvalue weighted by molar-refractivity contribution is -0.144. The van der Waals surface area contributed by atoms with E-state index in [1.165, 1.54) is 0 Å². The van der Waals surface area contributed by atoms with Crippen LogP contribution in [0.25, 0.3) is 0 Å². The zero-order valence-electron chi connectivity index (χ0n) is 9.06. The molecule has 0 aromatic heterocycles. The molecule has 0 aliphatic carbocycles. The lowest BCUT2D eigenvalue weighted by atomic mass is 9.86. The molecule has 0 saturated carbocycles. The Morgan fingerprint density at radius 3 is 1.93 bits per heavy atom. The highest BCUT2D eigenvalue weighted by atomic mass is 19.4. The molecule has 0 aromatic rings. The van der Waals surface area contributed by atoms with Crippen LogP contribution < -0.4 is 5.73 Å². The summed E-state index contributed by atoms with van der Waals surface area (Å²) >= 11 is 0. The third-order valence-corrected chi connectivity index (χ3v) is 2.53. The van der Waals surface area contributed by atoms with Gasteiger partial charge >= 0.3 is 6.18 Å². The SMILES string of the molecule is CC(CC(CN)C(C)C)CC(F)(F)F. The first-order valence-electron chi connectivity index (χ1n) is 5.03. The van der Waals surface area contributed by atoms with E-state index in [4.69, 9.17) is 5.73 Å². The van der Waals surface area contributed by atoms with E-state index < -0.39 is 12.6 Å². The standard InChI is InChI=1S/C10H20F3N/c1-7(2)9(6-14)4-8(3)5-10(11,12)13/h7-9H,4-6,14H2,1-3H3. The summed E-state index contributed by atoms with van der Waals surface area (Å²) in [6.07, 6.45) is -4.18. The minimum Gasteiger partial charge on any atom is -0.330 e. The van der Waals surface area contributed by atoms with Crippen molar-refractivity contribution in [1.82, 2.24) is 0 Å². The summed E-state index contributed by atoms with van der Waals surface area (Å²) in [6, 6.07) is 0. The van der Waals surface area contributed by atoms with Gasteiger partial charge in [-0.15, -0.1) is 0 Å². The summed E-state index contributed by atoms with van der Waals surface area (Å²) in [6.45, 7) is 6.11. The second-order valence-electron chi connectivity index (χ2n) is 4.40. The number of hydrogen-bond acceptors (Lipinski definition) is 1. The van der Waals surface area contributed by atoms with E-state index >= 15 is 0 Å². The maximum Gasteiger partial charge on any atom is 0.389 e. The first-order chi connectivity index (χ1) is 6.26. The summed E-state index contributed by atoms with van der Waals surface area (Å²) in [4.78, 5) is 0. The lowest BCUT2D eigenvalue weighted by Gasteiger charge is -2.23. The van der Waals surface area contributed by atoms with Crippen LogP contribution in [0, 0.1) is 17.8 Å². The van der Waals surface area contributed by atoms with Gasteiger partial charge in [0.15, 0.2) is 0 Å². The van der Waals surface area contributed by atoms with Crippen LogP contribution in [0.5, 0.6) is 0 Å². The Hall–Kier alpha value is -0.250. The molecule has 0 amide bonds. The Morgan fingerprint density at radius 2 is 1.64 bits per heavy atom. The third-order valence-electron chi connectivity index (χ3n) is 2.53. The fourth-order valence-corrected chi connectivity index (χ4v) is 1.64. The predicted octanol–water partition coefficient (Wildman–Crippen LogP) is 3.20.